The minimum atomic E-state index is 0.582. The fraction of sp³-hybridized carbons (Fsp3) is 0.400. The lowest BCUT2D eigenvalue weighted by Crippen LogP contribution is -2.16. The van der Waals surface area contributed by atoms with Gasteiger partial charge in [-0.15, -0.1) is 22.9 Å². The van der Waals surface area contributed by atoms with Crippen LogP contribution in [0.4, 0.5) is 0 Å². The zero-order valence-corrected chi connectivity index (χ0v) is 10.4. The molecule has 0 radical (unpaired) electrons. The summed E-state index contributed by atoms with van der Waals surface area (Å²) in [6.07, 6.45) is 4.03. The largest absolute Gasteiger partial charge is 0.298 e. The molecular formula is C10H13Cl2NS. The second-order valence-corrected chi connectivity index (χ2v) is 5.14. The van der Waals surface area contributed by atoms with E-state index in [0.717, 1.165) is 17.4 Å². The van der Waals surface area contributed by atoms with Crippen LogP contribution in [0, 0.1) is 0 Å². The van der Waals surface area contributed by atoms with Crippen molar-refractivity contribution in [1.82, 2.24) is 4.90 Å². The van der Waals surface area contributed by atoms with E-state index in [1.807, 2.05) is 12.1 Å². The van der Waals surface area contributed by atoms with Crippen molar-refractivity contribution in [2.24, 2.45) is 0 Å². The Bertz CT molecular complexity index is 296. The Morgan fingerprint density at radius 1 is 1.43 bits per heavy atom. The van der Waals surface area contributed by atoms with Gasteiger partial charge in [0.05, 0.1) is 4.34 Å². The van der Waals surface area contributed by atoms with E-state index in [1.165, 1.54) is 4.88 Å². The van der Waals surface area contributed by atoms with Crippen molar-refractivity contribution in [1.29, 1.82) is 0 Å². The molecule has 0 saturated heterocycles. The van der Waals surface area contributed by atoms with Gasteiger partial charge in [-0.25, -0.2) is 0 Å². The normalized spacial score (nSPS) is 11.7. The molecule has 1 aromatic rings. The Kier molecular flexibility index (Phi) is 5.56. The van der Waals surface area contributed by atoms with Gasteiger partial charge in [0.2, 0.25) is 0 Å². The third-order valence-electron chi connectivity index (χ3n) is 1.73. The maximum Gasteiger partial charge on any atom is 0.0931 e. The fourth-order valence-electron chi connectivity index (χ4n) is 1.08. The minimum absolute atomic E-state index is 0.582. The highest BCUT2D eigenvalue weighted by Gasteiger charge is 2.00. The second-order valence-electron chi connectivity index (χ2n) is 3.03. The summed E-state index contributed by atoms with van der Waals surface area (Å²) in [5.41, 5.74) is 0. The van der Waals surface area contributed by atoms with Crippen LogP contribution in [0.2, 0.25) is 4.34 Å². The molecule has 0 atom stereocenters. The van der Waals surface area contributed by atoms with Crippen LogP contribution < -0.4 is 0 Å². The number of likely N-dealkylation sites (N-methyl/N-ethyl adjacent to an activating group) is 1. The monoisotopic (exact) mass is 249 g/mol. The molecule has 0 aromatic carbocycles. The number of hydrogen-bond acceptors (Lipinski definition) is 2. The predicted molar refractivity (Wildman–Crippen MR) is 65.5 cm³/mol. The van der Waals surface area contributed by atoms with E-state index in [1.54, 1.807) is 11.3 Å². The van der Waals surface area contributed by atoms with Crippen LogP contribution in [-0.4, -0.2) is 24.4 Å². The molecule has 0 bridgehead atoms. The Labute approximate surface area is 98.9 Å². The first kappa shape index (κ1) is 12.1. The van der Waals surface area contributed by atoms with Gasteiger partial charge in [-0.3, -0.25) is 4.90 Å². The summed E-state index contributed by atoms with van der Waals surface area (Å²) in [7, 11) is 2.08. The third-order valence-corrected chi connectivity index (χ3v) is 3.12. The molecule has 14 heavy (non-hydrogen) atoms. The maximum atomic E-state index is 5.84. The van der Waals surface area contributed by atoms with E-state index in [2.05, 4.69) is 24.1 Å². The number of allylic oxidation sites excluding steroid dienone is 1. The van der Waals surface area contributed by atoms with Crippen LogP contribution in [0.15, 0.2) is 24.3 Å². The summed E-state index contributed by atoms with van der Waals surface area (Å²) < 4.78 is 0.852. The highest BCUT2D eigenvalue weighted by Crippen LogP contribution is 2.22. The molecule has 0 N–H and O–H groups in total. The zero-order chi connectivity index (χ0) is 10.4. The lowest BCUT2D eigenvalue weighted by atomic mass is 10.4. The van der Waals surface area contributed by atoms with Gasteiger partial charge in [-0.2, -0.15) is 0 Å². The van der Waals surface area contributed by atoms with Crippen molar-refractivity contribution in [3.8, 4) is 0 Å². The van der Waals surface area contributed by atoms with Gasteiger partial charge in [0.25, 0.3) is 0 Å². The molecule has 0 aliphatic heterocycles. The van der Waals surface area contributed by atoms with Crippen LogP contribution in [0.1, 0.15) is 4.88 Å². The molecule has 1 aromatic heterocycles. The van der Waals surface area contributed by atoms with Gasteiger partial charge in [-0.1, -0.05) is 23.8 Å². The Balaban J connectivity index is 2.33. The van der Waals surface area contributed by atoms with Crippen molar-refractivity contribution in [3.63, 3.8) is 0 Å². The molecule has 0 unspecified atom stereocenters. The fourth-order valence-corrected chi connectivity index (χ4v) is 2.38. The third kappa shape index (κ3) is 4.47. The smallest absolute Gasteiger partial charge is 0.0931 e. The van der Waals surface area contributed by atoms with Gasteiger partial charge in [0.15, 0.2) is 0 Å². The van der Waals surface area contributed by atoms with Crippen molar-refractivity contribution < 1.29 is 0 Å². The molecule has 0 aliphatic rings. The lowest BCUT2D eigenvalue weighted by molar-refractivity contribution is 0.367. The van der Waals surface area contributed by atoms with Crippen LogP contribution in [0.25, 0.3) is 0 Å². The molecule has 0 saturated carbocycles. The molecule has 1 heterocycles. The molecule has 0 amide bonds. The lowest BCUT2D eigenvalue weighted by Gasteiger charge is -2.12. The number of thiophene rings is 1. The summed E-state index contributed by atoms with van der Waals surface area (Å²) in [6.45, 7) is 1.85. The first-order valence-corrected chi connectivity index (χ1v) is 6.09. The van der Waals surface area contributed by atoms with Gasteiger partial charge in [-0.05, 0) is 19.2 Å². The summed E-state index contributed by atoms with van der Waals surface area (Å²) in [6, 6.07) is 4.00. The Hall–Kier alpha value is -0.0200. The molecule has 0 spiro atoms. The first-order valence-electron chi connectivity index (χ1n) is 4.36. The van der Waals surface area contributed by atoms with E-state index >= 15 is 0 Å². The molecule has 78 valence electrons. The van der Waals surface area contributed by atoms with E-state index in [9.17, 15) is 0 Å². The van der Waals surface area contributed by atoms with Crippen molar-refractivity contribution >= 4 is 34.5 Å². The number of rotatable bonds is 5. The van der Waals surface area contributed by atoms with E-state index in [-0.39, 0.29) is 0 Å². The van der Waals surface area contributed by atoms with Crippen molar-refractivity contribution in [2.45, 2.75) is 6.54 Å². The second kappa shape index (κ2) is 6.46. The Morgan fingerprint density at radius 3 is 2.79 bits per heavy atom. The first-order chi connectivity index (χ1) is 6.72. The summed E-state index contributed by atoms with van der Waals surface area (Å²) in [4.78, 5) is 3.50. The quantitative estimate of drug-likeness (QED) is 0.569. The van der Waals surface area contributed by atoms with Crippen LogP contribution in [0.5, 0.6) is 0 Å². The topological polar surface area (TPSA) is 3.24 Å². The molecule has 0 aliphatic carbocycles. The SMILES string of the molecule is CN(CC=CCCl)Cc1ccc(Cl)s1. The molecular weight excluding hydrogens is 237 g/mol. The van der Waals surface area contributed by atoms with Gasteiger partial charge < -0.3 is 0 Å². The molecule has 1 rings (SSSR count). The maximum absolute atomic E-state index is 5.84. The number of nitrogens with zero attached hydrogens (tertiary/aromatic N) is 1. The highest BCUT2D eigenvalue weighted by atomic mass is 35.5. The van der Waals surface area contributed by atoms with Crippen LogP contribution in [0.3, 0.4) is 0 Å². The molecule has 0 fully saturated rings. The highest BCUT2D eigenvalue weighted by molar-refractivity contribution is 7.16. The molecule has 1 nitrogen and oxygen atoms in total. The Morgan fingerprint density at radius 2 is 2.21 bits per heavy atom. The van der Waals surface area contributed by atoms with E-state index in [0.29, 0.717) is 5.88 Å². The molecule has 4 heteroatoms. The van der Waals surface area contributed by atoms with Gasteiger partial charge in [0, 0.05) is 23.8 Å². The van der Waals surface area contributed by atoms with Crippen molar-refractivity contribution in [3.05, 3.63) is 33.5 Å². The summed E-state index contributed by atoms with van der Waals surface area (Å²) in [5, 5.41) is 0. The predicted octanol–water partition coefficient (Wildman–Crippen LogP) is 3.63. The minimum Gasteiger partial charge on any atom is -0.298 e. The van der Waals surface area contributed by atoms with Crippen LogP contribution in [-0.2, 0) is 6.54 Å². The zero-order valence-electron chi connectivity index (χ0n) is 8.04. The standard InChI is InChI=1S/C10H13Cl2NS/c1-13(7-3-2-6-11)8-9-4-5-10(12)14-9/h2-5H,6-8H2,1H3. The number of hydrogen-bond donors (Lipinski definition) is 0. The average molecular weight is 250 g/mol. The number of halogens is 2. The summed E-state index contributed by atoms with van der Waals surface area (Å²) in [5.74, 6) is 0.582. The van der Waals surface area contributed by atoms with E-state index < -0.39 is 0 Å². The number of alkyl halides is 1. The van der Waals surface area contributed by atoms with Crippen LogP contribution >= 0.6 is 34.5 Å². The average Bonchev–Trinajstić information content (AvgIpc) is 2.52. The van der Waals surface area contributed by atoms with E-state index in [4.69, 9.17) is 23.2 Å². The van der Waals surface area contributed by atoms with Crippen molar-refractivity contribution in [2.75, 3.05) is 19.5 Å². The van der Waals surface area contributed by atoms with Gasteiger partial charge in [0.1, 0.15) is 0 Å². The van der Waals surface area contributed by atoms with Gasteiger partial charge >= 0.3 is 0 Å². The summed E-state index contributed by atoms with van der Waals surface area (Å²) >= 11 is 13.0.